The molecular weight excluding hydrogens is 617 g/mol. The van der Waals surface area contributed by atoms with Gasteiger partial charge in [0.15, 0.2) is 0 Å². The van der Waals surface area contributed by atoms with Crippen molar-refractivity contribution in [3.8, 4) is 39.1 Å². The molecule has 51 heavy (non-hydrogen) atoms. The zero-order chi connectivity index (χ0) is 33.9. The van der Waals surface area contributed by atoms with Crippen molar-refractivity contribution in [2.24, 2.45) is 0 Å². The molecule has 0 spiro atoms. The minimum atomic E-state index is 0.868. The van der Waals surface area contributed by atoms with E-state index < -0.39 is 0 Å². The average molecular weight is 651 g/mol. The molecule has 2 nitrogen and oxygen atoms in total. The van der Waals surface area contributed by atoms with Crippen molar-refractivity contribution in [2.75, 3.05) is 0 Å². The lowest BCUT2D eigenvalue weighted by Gasteiger charge is -2.20. The molecule has 0 aliphatic rings. The highest BCUT2D eigenvalue weighted by Gasteiger charge is 2.19. The van der Waals surface area contributed by atoms with Gasteiger partial charge in [0.1, 0.15) is 5.82 Å². The smallest absolute Gasteiger partial charge is 0.114 e. The molecule has 10 rings (SSSR count). The molecule has 0 aliphatic carbocycles. The van der Waals surface area contributed by atoms with Crippen LogP contribution in [0.1, 0.15) is 12.7 Å². The number of benzene rings is 9. The summed E-state index contributed by atoms with van der Waals surface area (Å²) in [7, 11) is 0. The Morgan fingerprint density at radius 3 is 1.96 bits per heavy atom. The summed E-state index contributed by atoms with van der Waals surface area (Å²) in [5.41, 5.74) is 10.8. The molecule has 0 unspecified atom stereocenters. The number of aromatic nitrogens is 2. The molecule has 0 radical (unpaired) electrons. The maximum atomic E-state index is 4.93. The van der Waals surface area contributed by atoms with Gasteiger partial charge in [0.2, 0.25) is 0 Å². The Bertz CT molecular complexity index is 2950. The van der Waals surface area contributed by atoms with Crippen LogP contribution < -0.4 is 0 Å². The molecule has 0 bridgehead atoms. The topological polar surface area (TPSA) is 17.8 Å². The molecule has 0 amide bonds. The number of imidazole rings is 1. The minimum absolute atomic E-state index is 0.868. The molecule has 0 saturated heterocycles. The summed E-state index contributed by atoms with van der Waals surface area (Å²) < 4.78 is 2.31. The molecule has 10 aromatic rings. The van der Waals surface area contributed by atoms with E-state index in [0.29, 0.717) is 0 Å². The van der Waals surface area contributed by atoms with Crippen molar-refractivity contribution in [1.82, 2.24) is 9.55 Å². The summed E-state index contributed by atoms with van der Waals surface area (Å²) in [6.07, 6.45) is 0.868. The van der Waals surface area contributed by atoms with Gasteiger partial charge in [-0.25, -0.2) is 4.98 Å². The van der Waals surface area contributed by atoms with E-state index >= 15 is 0 Å². The van der Waals surface area contributed by atoms with Crippen LogP contribution in [-0.2, 0) is 6.42 Å². The monoisotopic (exact) mass is 650 g/mol. The van der Waals surface area contributed by atoms with Gasteiger partial charge >= 0.3 is 0 Å². The quantitative estimate of drug-likeness (QED) is 0.170. The summed E-state index contributed by atoms with van der Waals surface area (Å²) >= 11 is 0. The van der Waals surface area contributed by atoms with Crippen molar-refractivity contribution in [1.29, 1.82) is 0 Å². The molecule has 9 aromatic carbocycles. The van der Waals surface area contributed by atoms with Gasteiger partial charge in [0.05, 0.1) is 11.0 Å². The number of hydrogen-bond acceptors (Lipinski definition) is 1. The molecule has 2 heteroatoms. The van der Waals surface area contributed by atoms with Crippen LogP contribution in [0, 0.1) is 0 Å². The van der Waals surface area contributed by atoms with Crippen LogP contribution in [0.25, 0.3) is 93.2 Å². The van der Waals surface area contributed by atoms with Crippen molar-refractivity contribution < 1.29 is 0 Å². The first kappa shape index (κ1) is 29.4. The van der Waals surface area contributed by atoms with E-state index in [1.807, 2.05) is 0 Å². The van der Waals surface area contributed by atoms with Gasteiger partial charge in [-0.05, 0) is 113 Å². The first-order valence-electron chi connectivity index (χ1n) is 17.8. The van der Waals surface area contributed by atoms with Crippen molar-refractivity contribution in [3.63, 3.8) is 0 Å². The zero-order valence-corrected chi connectivity index (χ0v) is 28.3. The van der Waals surface area contributed by atoms with E-state index in [2.05, 4.69) is 187 Å². The Morgan fingerprint density at radius 1 is 0.431 bits per heavy atom. The summed E-state index contributed by atoms with van der Waals surface area (Å²) in [5.74, 6) is 1.08. The highest BCUT2D eigenvalue weighted by molar-refractivity contribution is 6.24. The highest BCUT2D eigenvalue weighted by atomic mass is 15.1. The van der Waals surface area contributed by atoms with Crippen LogP contribution in [-0.4, -0.2) is 9.55 Å². The predicted molar refractivity (Wildman–Crippen MR) is 217 cm³/mol. The Balaban J connectivity index is 1.23. The SMILES string of the molecule is CCc1nc2ccccc2n1-c1ccc2cc(-c3c4ccccc4c(-c4cccc5ccccc45)c4cc(-c5ccccc5)ccc34)ccc2c1. The fourth-order valence-corrected chi connectivity index (χ4v) is 8.16. The minimum Gasteiger partial charge on any atom is -0.296 e. The van der Waals surface area contributed by atoms with Crippen LogP contribution in [0.5, 0.6) is 0 Å². The normalized spacial score (nSPS) is 11.7. The number of nitrogens with zero attached hydrogens (tertiary/aromatic N) is 2. The van der Waals surface area contributed by atoms with Crippen LogP contribution in [0.2, 0.25) is 0 Å². The Morgan fingerprint density at radius 2 is 1.10 bits per heavy atom. The third-order valence-electron chi connectivity index (χ3n) is 10.5. The van der Waals surface area contributed by atoms with Crippen LogP contribution in [0.3, 0.4) is 0 Å². The van der Waals surface area contributed by atoms with Gasteiger partial charge < -0.3 is 0 Å². The average Bonchev–Trinajstić information content (AvgIpc) is 3.58. The van der Waals surface area contributed by atoms with Crippen molar-refractivity contribution in [2.45, 2.75) is 13.3 Å². The highest BCUT2D eigenvalue weighted by Crippen LogP contribution is 2.46. The lowest BCUT2D eigenvalue weighted by Crippen LogP contribution is -2.00. The second kappa shape index (κ2) is 11.8. The van der Waals surface area contributed by atoms with E-state index in [0.717, 1.165) is 29.0 Å². The van der Waals surface area contributed by atoms with Crippen molar-refractivity contribution in [3.05, 3.63) is 182 Å². The van der Waals surface area contributed by atoms with E-state index in [1.54, 1.807) is 0 Å². The molecule has 0 saturated carbocycles. The van der Waals surface area contributed by atoms with Gasteiger partial charge in [0, 0.05) is 12.1 Å². The molecule has 0 fully saturated rings. The van der Waals surface area contributed by atoms with E-state index in [1.165, 1.54) is 76.5 Å². The Kier molecular flexibility index (Phi) is 6.82. The first-order valence-corrected chi connectivity index (χ1v) is 17.8. The summed E-state index contributed by atoms with van der Waals surface area (Å²) in [6.45, 7) is 2.17. The van der Waals surface area contributed by atoms with Crippen LogP contribution >= 0.6 is 0 Å². The number of aryl methyl sites for hydroxylation is 1. The number of fused-ring (bicyclic) bond motifs is 5. The fraction of sp³-hybridized carbons (Fsp3) is 0.0408. The molecule has 0 atom stereocenters. The number of para-hydroxylation sites is 2. The van der Waals surface area contributed by atoms with Crippen molar-refractivity contribution >= 4 is 54.1 Å². The maximum absolute atomic E-state index is 4.93. The fourth-order valence-electron chi connectivity index (χ4n) is 8.16. The molecule has 1 aromatic heterocycles. The second-order valence-electron chi connectivity index (χ2n) is 13.4. The van der Waals surface area contributed by atoms with Crippen LogP contribution in [0.15, 0.2) is 176 Å². The Hall–Kier alpha value is -6.51. The van der Waals surface area contributed by atoms with E-state index in [-0.39, 0.29) is 0 Å². The van der Waals surface area contributed by atoms with Crippen LogP contribution in [0.4, 0.5) is 0 Å². The lowest BCUT2D eigenvalue weighted by molar-refractivity contribution is 0.909. The number of rotatable bonds is 5. The molecular formula is C49H34N2. The van der Waals surface area contributed by atoms with Gasteiger partial charge in [-0.15, -0.1) is 0 Å². The van der Waals surface area contributed by atoms with E-state index in [4.69, 9.17) is 4.98 Å². The first-order chi connectivity index (χ1) is 25.2. The summed E-state index contributed by atoms with van der Waals surface area (Å²) in [5, 5.41) is 9.98. The standard InChI is InChI=1S/C49H34N2/c1-2-47-50-45-21-10-11-22-46(45)51(47)38-27-25-34-29-37(24-23-35(34)30-38)48-41-18-8-9-19-42(41)49(40-20-12-16-33-15-6-7-17-39(33)40)44-31-36(26-28-43(44)48)32-13-4-3-5-14-32/h3-31H,2H2,1H3. The predicted octanol–water partition coefficient (Wildman–Crippen LogP) is 13.2. The van der Waals surface area contributed by atoms with Gasteiger partial charge in [-0.3, -0.25) is 4.57 Å². The number of hydrogen-bond donors (Lipinski definition) is 0. The molecule has 1 heterocycles. The molecule has 0 aliphatic heterocycles. The van der Waals surface area contributed by atoms with Gasteiger partial charge in [0.25, 0.3) is 0 Å². The largest absolute Gasteiger partial charge is 0.296 e. The van der Waals surface area contributed by atoms with Gasteiger partial charge in [-0.2, -0.15) is 0 Å². The molecule has 0 N–H and O–H groups in total. The van der Waals surface area contributed by atoms with Gasteiger partial charge in [-0.1, -0.05) is 146 Å². The van der Waals surface area contributed by atoms with E-state index in [9.17, 15) is 0 Å². The molecule has 240 valence electrons. The third-order valence-corrected chi connectivity index (χ3v) is 10.5. The Labute approximate surface area is 296 Å². The zero-order valence-electron chi connectivity index (χ0n) is 28.3. The second-order valence-corrected chi connectivity index (χ2v) is 13.4. The summed E-state index contributed by atoms with van der Waals surface area (Å²) in [4.78, 5) is 4.93. The lowest BCUT2D eigenvalue weighted by atomic mass is 9.83. The maximum Gasteiger partial charge on any atom is 0.114 e. The summed E-state index contributed by atoms with van der Waals surface area (Å²) in [6, 6.07) is 64.4. The third kappa shape index (κ3) is 4.75.